The van der Waals surface area contributed by atoms with Gasteiger partial charge in [0.1, 0.15) is 11.9 Å². The van der Waals surface area contributed by atoms with Crippen LogP contribution in [0.1, 0.15) is 16.5 Å². The van der Waals surface area contributed by atoms with Gasteiger partial charge in [-0.2, -0.15) is 0 Å². The first-order valence-electron chi connectivity index (χ1n) is 5.95. The predicted octanol–water partition coefficient (Wildman–Crippen LogP) is 3.34. The Balaban J connectivity index is 1.86. The van der Waals surface area contributed by atoms with Crippen molar-refractivity contribution in [3.8, 4) is 5.75 Å². The van der Waals surface area contributed by atoms with E-state index in [1.807, 2.05) is 35.7 Å². The van der Waals surface area contributed by atoms with Crippen molar-refractivity contribution in [3.63, 3.8) is 0 Å². The van der Waals surface area contributed by atoms with Gasteiger partial charge in [-0.1, -0.05) is 18.2 Å². The highest BCUT2D eigenvalue weighted by atomic mass is 79.9. The lowest BCUT2D eigenvalue weighted by molar-refractivity contribution is 0.178. The number of ether oxygens (including phenoxy) is 1. The second-order valence-electron chi connectivity index (χ2n) is 4.13. The number of benzene rings is 1. The number of hydrogen-bond acceptors (Lipinski definition) is 4. The van der Waals surface area contributed by atoms with Gasteiger partial charge in [0.25, 0.3) is 0 Å². The minimum Gasteiger partial charge on any atom is -0.496 e. The molecule has 0 aliphatic heterocycles. The first kappa shape index (κ1) is 14.5. The maximum absolute atomic E-state index is 10.0. The van der Waals surface area contributed by atoms with Crippen molar-refractivity contribution in [2.75, 3.05) is 13.7 Å². The maximum Gasteiger partial charge on any atom is 0.123 e. The molecule has 0 amide bonds. The highest BCUT2D eigenvalue weighted by molar-refractivity contribution is 9.10. The summed E-state index contributed by atoms with van der Waals surface area (Å²) in [5, 5.41) is 15.3. The Morgan fingerprint density at radius 1 is 1.42 bits per heavy atom. The van der Waals surface area contributed by atoms with E-state index in [1.54, 1.807) is 18.4 Å². The van der Waals surface area contributed by atoms with Crippen LogP contribution in [0.25, 0.3) is 0 Å². The SMILES string of the molecule is COc1ccccc1CNC[C@H](O)c1cc(Br)cs1. The maximum atomic E-state index is 10.0. The van der Waals surface area contributed by atoms with Crippen molar-refractivity contribution in [1.29, 1.82) is 0 Å². The topological polar surface area (TPSA) is 41.5 Å². The third-order valence-electron chi connectivity index (χ3n) is 2.76. The zero-order valence-corrected chi connectivity index (χ0v) is 13.0. The third kappa shape index (κ3) is 4.04. The Hall–Kier alpha value is -0.880. The Bertz CT molecular complexity index is 530. The summed E-state index contributed by atoms with van der Waals surface area (Å²) in [5.74, 6) is 0.864. The standard InChI is InChI=1S/C14H16BrNO2S/c1-18-13-5-3-2-4-10(13)7-16-8-12(17)14-6-11(15)9-19-14/h2-6,9,12,16-17H,7-8H2,1H3/t12-/m0/s1. The first-order valence-corrected chi connectivity index (χ1v) is 7.62. The van der Waals surface area contributed by atoms with Crippen molar-refractivity contribution in [1.82, 2.24) is 5.32 Å². The molecule has 1 aromatic heterocycles. The van der Waals surface area contributed by atoms with Gasteiger partial charge in [0.05, 0.1) is 7.11 Å². The lowest BCUT2D eigenvalue weighted by atomic mass is 10.2. The van der Waals surface area contributed by atoms with Crippen molar-refractivity contribution in [3.05, 3.63) is 50.6 Å². The van der Waals surface area contributed by atoms with Crippen LogP contribution in [0.4, 0.5) is 0 Å². The Morgan fingerprint density at radius 2 is 2.21 bits per heavy atom. The van der Waals surface area contributed by atoms with E-state index in [1.165, 1.54) is 0 Å². The average molecular weight is 342 g/mol. The fourth-order valence-corrected chi connectivity index (χ4v) is 3.23. The number of rotatable bonds is 6. The summed E-state index contributed by atoms with van der Waals surface area (Å²) in [6.45, 7) is 1.19. The molecule has 0 saturated carbocycles. The number of para-hydroxylation sites is 1. The van der Waals surface area contributed by atoms with E-state index >= 15 is 0 Å². The number of nitrogens with one attached hydrogen (secondary N) is 1. The van der Waals surface area contributed by atoms with Crippen LogP contribution in [0.5, 0.6) is 5.75 Å². The smallest absolute Gasteiger partial charge is 0.123 e. The van der Waals surface area contributed by atoms with Crippen LogP contribution in [0.2, 0.25) is 0 Å². The molecule has 0 radical (unpaired) electrons. The van der Waals surface area contributed by atoms with E-state index in [0.717, 1.165) is 20.7 Å². The number of aliphatic hydroxyl groups excluding tert-OH is 1. The zero-order valence-electron chi connectivity index (χ0n) is 10.6. The second-order valence-corrected chi connectivity index (χ2v) is 5.98. The van der Waals surface area contributed by atoms with Crippen LogP contribution in [0, 0.1) is 0 Å². The summed E-state index contributed by atoms with van der Waals surface area (Å²) in [5.41, 5.74) is 1.09. The minimum atomic E-state index is -0.481. The fourth-order valence-electron chi connectivity index (χ4n) is 1.80. The second kappa shape index (κ2) is 7.05. The third-order valence-corrected chi connectivity index (χ3v) is 4.56. The molecule has 2 rings (SSSR count). The number of aliphatic hydroxyl groups is 1. The summed E-state index contributed by atoms with van der Waals surface area (Å²) < 4.78 is 6.29. The molecule has 0 fully saturated rings. The lowest BCUT2D eigenvalue weighted by Crippen LogP contribution is -2.20. The molecular weight excluding hydrogens is 326 g/mol. The Kier molecular flexibility index (Phi) is 5.39. The summed E-state index contributed by atoms with van der Waals surface area (Å²) in [7, 11) is 1.66. The van der Waals surface area contributed by atoms with E-state index < -0.39 is 6.10 Å². The van der Waals surface area contributed by atoms with E-state index in [-0.39, 0.29) is 0 Å². The van der Waals surface area contributed by atoms with Gasteiger partial charge in [-0.05, 0) is 28.1 Å². The molecule has 102 valence electrons. The van der Waals surface area contributed by atoms with Crippen LogP contribution < -0.4 is 10.1 Å². The van der Waals surface area contributed by atoms with Crippen LogP contribution in [0.15, 0.2) is 40.2 Å². The van der Waals surface area contributed by atoms with Crippen LogP contribution in [-0.4, -0.2) is 18.8 Å². The fraction of sp³-hybridized carbons (Fsp3) is 0.286. The highest BCUT2D eigenvalue weighted by Gasteiger charge is 2.10. The molecule has 19 heavy (non-hydrogen) atoms. The number of halogens is 1. The van der Waals surface area contributed by atoms with Gasteiger partial charge < -0.3 is 15.2 Å². The van der Waals surface area contributed by atoms with Crippen LogP contribution >= 0.6 is 27.3 Å². The number of thiophene rings is 1. The first-order chi connectivity index (χ1) is 9.20. The molecule has 0 spiro atoms. The van der Waals surface area contributed by atoms with Gasteiger partial charge in [-0.25, -0.2) is 0 Å². The van der Waals surface area contributed by atoms with Gasteiger partial charge >= 0.3 is 0 Å². The molecule has 2 N–H and O–H groups in total. The lowest BCUT2D eigenvalue weighted by Gasteiger charge is -2.12. The van der Waals surface area contributed by atoms with E-state index in [4.69, 9.17) is 4.74 Å². The van der Waals surface area contributed by atoms with E-state index in [2.05, 4.69) is 21.2 Å². The van der Waals surface area contributed by atoms with Gasteiger partial charge in [0.2, 0.25) is 0 Å². The zero-order chi connectivity index (χ0) is 13.7. The Labute approximate surface area is 125 Å². The van der Waals surface area contributed by atoms with Crippen molar-refractivity contribution < 1.29 is 9.84 Å². The molecule has 2 aromatic rings. The summed E-state index contributed by atoms with van der Waals surface area (Å²) in [4.78, 5) is 0.958. The molecule has 0 saturated heterocycles. The largest absolute Gasteiger partial charge is 0.496 e. The van der Waals surface area contributed by atoms with E-state index in [9.17, 15) is 5.11 Å². The molecular formula is C14H16BrNO2S. The van der Waals surface area contributed by atoms with Crippen molar-refractivity contribution in [2.24, 2.45) is 0 Å². The molecule has 3 nitrogen and oxygen atoms in total. The molecule has 1 heterocycles. The molecule has 0 aliphatic carbocycles. The highest BCUT2D eigenvalue weighted by Crippen LogP contribution is 2.25. The van der Waals surface area contributed by atoms with E-state index in [0.29, 0.717) is 13.1 Å². The average Bonchev–Trinajstić information content (AvgIpc) is 2.86. The Morgan fingerprint density at radius 3 is 2.89 bits per heavy atom. The summed E-state index contributed by atoms with van der Waals surface area (Å²) in [6.07, 6.45) is -0.481. The molecule has 1 atom stereocenters. The predicted molar refractivity (Wildman–Crippen MR) is 81.7 cm³/mol. The normalized spacial score (nSPS) is 12.4. The number of hydrogen-bond donors (Lipinski definition) is 2. The van der Waals surface area contributed by atoms with Gasteiger partial charge in [0.15, 0.2) is 0 Å². The molecule has 0 aliphatic rings. The van der Waals surface area contributed by atoms with Crippen molar-refractivity contribution in [2.45, 2.75) is 12.6 Å². The summed E-state index contributed by atoms with van der Waals surface area (Å²) >= 11 is 4.94. The molecule has 0 unspecified atom stereocenters. The van der Waals surface area contributed by atoms with Crippen molar-refractivity contribution >= 4 is 27.3 Å². The molecule has 1 aromatic carbocycles. The summed E-state index contributed by atoms with van der Waals surface area (Å²) in [6, 6.07) is 9.82. The van der Waals surface area contributed by atoms with Gasteiger partial charge in [-0.15, -0.1) is 11.3 Å². The quantitative estimate of drug-likeness (QED) is 0.846. The van der Waals surface area contributed by atoms with Crippen LogP contribution in [0.3, 0.4) is 0 Å². The van der Waals surface area contributed by atoms with Crippen LogP contribution in [-0.2, 0) is 6.54 Å². The van der Waals surface area contributed by atoms with Gasteiger partial charge in [-0.3, -0.25) is 0 Å². The monoisotopic (exact) mass is 341 g/mol. The molecule has 0 bridgehead atoms. The number of methoxy groups -OCH3 is 1. The molecule has 5 heteroatoms. The minimum absolute atomic E-state index is 0.481. The van der Waals surface area contributed by atoms with Gasteiger partial charge in [0, 0.05) is 33.4 Å².